The molecule has 3 rings (SSSR count). The number of phenols is 1. The van der Waals surface area contributed by atoms with E-state index in [1.807, 2.05) is 30.5 Å². The van der Waals surface area contributed by atoms with Crippen molar-refractivity contribution in [3.63, 3.8) is 0 Å². The van der Waals surface area contributed by atoms with Gasteiger partial charge in [0.2, 0.25) is 5.78 Å². The van der Waals surface area contributed by atoms with Crippen LogP contribution >= 0.6 is 11.6 Å². The molecule has 5 nitrogen and oxygen atoms in total. The van der Waals surface area contributed by atoms with Crippen molar-refractivity contribution in [1.82, 2.24) is 4.57 Å². The van der Waals surface area contributed by atoms with Crippen LogP contribution in [0, 0.1) is 13.8 Å². The van der Waals surface area contributed by atoms with Gasteiger partial charge in [0.15, 0.2) is 6.10 Å². The number of benzene rings is 2. The standard InChI is InChI=1S/C22H20ClNO4/c1-13-12-19(14(2)24(13)17-10-8-16(23)9-11-17)21(26)15(3)28-22(27)18-6-4-5-7-20(18)25/h4-12,15,25H,1-3H3/t15-/m1/s1. The number of ether oxygens (including phenoxy) is 1. The maximum absolute atomic E-state index is 12.9. The van der Waals surface area contributed by atoms with E-state index >= 15 is 0 Å². The first-order valence-corrected chi connectivity index (χ1v) is 9.15. The highest BCUT2D eigenvalue weighted by Crippen LogP contribution is 2.24. The number of hydrogen-bond acceptors (Lipinski definition) is 4. The Hall–Kier alpha value is -3.05. The third-order valence-electron chi connectivity index (χ3n) is 4.56. The first-order chi connectivity index (χ1) is 13.3. The molecule has 1 aromatic heterocycles. The number of Topliss-reactive ketones (excluding diaryl/α,β-unsaturated/α-hetero) is 1. The van der Waals surface area contributed by atoms with Crippen LogP contribution in [0.1, 0.15) is 39.0 Å². The highest BCUT2D eigenvalue weighted by molar-refractivity contribution is 6.30. The molecule has 0 bridgehead atoms. The van der Waals surface area contributed by atoms with Gasteiger partial charge in [0.05, 0.1) is 0 Å². The molecule has 0 aliphatic heterocycles. The number of aromatic nitrogens is 1. The number of carbonyl (C=O) groups excluding carboxylic acids is 2. The molecule has 1 N–H and O–H groups in total. The van der Waals surface area contributed by atoms with Crippen molar-refractivity contribution in [2.24, 2.45) is 0 Å². The molecule has 1 heterocycles. The zero-order chi connectivity index (χ0) is 20.4. The Labute approximate surface area is 168 Å². The molecule has 3 aromatic rings. The summed E-state index contributed by atoms with van der Waals surface area (Å²) < 4.78 is 7.23. The largest absolute Gasteiger partial charge is 0.507 e. The van der Waals surface area contributed by atoms with Crippen LogP contribution in [0.4, 0.5) is 0 Å². The Balaban J connectivity index is 1.84. The second-order valence-electron chi connectivity index (χ2n) is 6.53. The van der Waals surface area contributed by atoms with Gasteiger partial charge in [0, 0.05) is 27.7 Å². The number of para-hydroxylation sites is 1. The number of carbonyl (C=O) groups is 2. The maximum atomic E-state index is 12.9. The summed E-state index contributed by atoms with van der Waals surface area (Å²) in [6, 6.07) is 15.1. The van der Waals surface area contributed by atoms with Crippen molar-refractivity contribution in [1.29, 1.82) is 0 Å². The smallest absolute Gasteiger partial charge is 0.342 e. The molecule has 0 fully saturated rings. The number of nitrogens with zero attached hydrogens (tertiary/aromatic N) is 1. The average molecular weight is 398 g/mol. The van der Waals surface area contributed by atoms with E-state index in [0.29, 0.717) is 10.6 Å². The lowest BCUT2D eigenvalue weighted by atomic mass is 10.1. The summed E-state index contributed by atoms with van der Waals surface area (Å²) in [7, 11) is 0. The highest BCUT2D eigenvalue weighted by Gasteiger charge is 2.25. The molecular weight excluding hydrogens is 378 g/mol. The lowest BCUT2D eigenvalue weighted by Crippen LogP contribution is -2.25. The van der Waals surface area contributed by atoms with E-state index in [9.17, 15) is 14.7 Å². The number of aromatic hydroxyl groups is 1. The predicted molar refractivity (Wildman–Crippen MR) is 108 cm³/mol. The summed E-state index contributed by atoms with van der Waals surface area (Å²) in [6.07, 6.45) is -0.994. The third kappa shape index (κ3) is 3.80. The average Bonchev–Trinajstić information content (AvgIpc) is 2.96. The van der Waals surface area contributed by atoms with E-state index in [4.69, 9.17) is 16.3 Å². The topological polar surface area (TPSA) is 68.5 Å². The summed E-state index contributed by atoms with van der Waals surface area (Å²) in [5.41, 5.74) is 3.01. The number of aryl methyl sites for hydroxylation is 1. The minimum atomic E-state index is -0.994. The molecule has 28 heavy (non-hydrogen) atoms. The summed E-state index contributed by atoms with van der Waals surface area (Å²) in [5, 5.41) is 10.4. The summed E-state index contributed by atoms with van der Waals surface area (Å²) >= 11 is 5.96. The zero-order valence-electron chi connectivity index (χ0n) is 15.8. The number of rotatable bonds is 5. The normalized spacial score (nSPS) is 11.9. The van der Waals surface area contributed by atoms with Crippen molar-refractivity contribution >= 4 is 23.4 Å². The van der Waals surface area contributed by atoms with E-state index in [-0.39, 0.29) is 17.1 Å². The van der Waals surface area contributed by atoms with Gasteiger partial charge in [-0.25, -0.2) is 4.79 Å². The second kappa shape index (κ2) is 7.90. The van der Waals surface area contributed by atoms with Crippen LogP contribution in [0.3, 0.4) is 0 Å². The van der Waals surface area contributed by atoms with Crippen molar-refractivity contribution < 1.29 is 19.4 Å². The van der Waals surface area contributed by atoms with Crippen LogP contribution in [0.25, 0.3) is 5.69 Å². The van der Waals surface area contributed by atoms with Gasteiger partial charge in [-0.15, -0.1) is 0 Å². The molecule has 144 valence electrons. The van der Waals surface area contributed by atoms with Gasteiger partial charge in [0.1, 0.15) is 11.3 Å². The van der Waals surface area contributed by atoms with Crippen molar-refractivity contribution in [3.05, 3.63) is 82.1 Å². The molecule has 0 saturated heterocycles. The molecule has 6 heteroatoms. The van der Waals surface area contributed by atoms with E-state index in [2.05, 4.69) is 0 Å². The number of ketones is 1. The molecule has 0 amide bonds. The fraction of sp³-hybridized carbons (Fsp3) is 0.182. The minimum absolute atomic E-state index is 0.0220. The Kier molecular flexibility index (Phi) is 5.56. The van der Waals surface area contributed by atoms with Gasteiger partial charge in [-0.1, -0.05) is 23.7 Å². The van der Waals surface area contributed by atoms with Gasteiger partial charge in [-0.2, -0.15) is 0 Å². The molecular formula is C22H20ClNO4. The van der Waals surface area contributed by atoms with Crippen LogP contribution in [0.5, 0.6) is 5.75 Å². The Bertz CT molecular complexity index is 1040. The van der Waals surface area contributed by atoms with Gasteiger partial charge >= 0.3 is 5.97 Å². The van der Waals surface area contributed by atoms with Crippen LogP contribution in [-0.2, 0) is 4.74 Å². The van der Waals surface area contributed by atoms with E-state index in [1.54, 1.807) is 30.3 Å². The Morgan fingerprint density at radius 3 is 2.32 bits per heavy atom. The number of hydrogen-bond donors (Lipinski definition) is 1. The minimum Gasteiger partial charge on any atom is -0.507 e. The Morgan fingerprint density at radius 2 is 1.68 bits per heavy atom. The maximum Gasteiger partial charge on any atom is 0.342 e. The quantitative estimate of drug-likeness (QED) is 0.492. The van der Waals surface area contributed by atoms with E-state index in [0.717, 1.165) is 17.1 Å². The van der Waals surface area contributed by atoms with Crippen LogP contribution < -0.4 is 0 Å². The molecule has 0 unspecified atom stereocenters. The van der Waals surface area contributed by atoms with Crippen LogP contribution in [-0.4, -0.2) is 27.5 Å². The molecule has 0 radical (unpaired) electrons. The first kappa shape index (κ1) is 19.7. The second-order valence-corrected chi connectivity index (χ2v) is 6.96. The fourth-order valence-corrected chi connectivity index (χ4v) is 3.27. The summed E-state index contributed by atoms with van der Waals surface area (Å²) in [4.78, 5) is 25.2. The monoisotopic (exact) mass is 397 g/mol. The SMILES string of the molecule is Cc1cc(C(=O)[C@@H](C)OC(=O)c2ccccc2O)c(C)n1-c1ccc(Cl)cc1. The number of esters is 1. The molecule has 0 aliphatic rings. The number of halogens is 1. The van der Waals surface area contributed by atoms with Crippen LogP contribution in [0.2, 0.25) is 5.02 Å². The lowest BCUT2D eigenvalue weighted by Gasteiger charge is -2.14. The zero-order valence-corrected chi connectivity index (χ0v) is 16.5. The molecule has 1 atom stereocenters. The van der Waals surface area contributed by atoms with Crippen molar-refractivity contribution in [2.75, 3.05) is 0 Å². The number of phenolic OH excluding ortho intramolecular Hbond substituents is 1. The summed E-state index contributed by atoms with van der Waals surface area (Å²) in [6.45, 7) is 5.26. The predicted octanol–water partition coefficient (Wildman–Crippen LogP) is 4.88. The van der Waals surface area contributed by atoms with Gasteiger partial charge in [0.25, 0.3) is 0 Å². The summed E-state index contributed by atoms with van der Waals surface area (Å²) in [5.74, 6) is -1.24. The van der Waals surface area contributed by atoms with Gasteiger partial charge in [-0.05, 0) is 63.2 Å². The molecule has 0 aliphatic carbocycles. The highest BCUT2D eigenvalue weighted by atomic mass is 35.5. The fourth-order valence-electron chi connectivity index (χ4n) is 3.14. The van der Waals surface area contributed by atoms with Crippen LogP contribution in [0.15, 0.2) is 54.6 Å². The first-order valence-electron chi connectivity index (χ1n) is 8.77. The molecule has 2 aromatic carbocycles. The van der Waals surface area contributed by atoms with Crippen molar-refractivity contribution in [3.8, 4) is 11.4 Å². The third-order valence-corrected chi connectivity index (χ3v) is 4.81. The van der Waals surface area contributed by atoms with E-state index in [1.165, 1.54) is 19.1 Å². The lowest BCUT2D eigenvalue weighted by molar-refractivity contribution is 0.0316. The Morgan fingerprint density at radius 1 is 1.04 bits per heavy atom. The van der Waals surface area contributed by atoms with Crippen molar-refractivity contribution in [2.45, 2.75) is 26.9 Å². The molecule has 0 saturated carbocycles. The molecule has 0 spiro atoms. The van der Waals surface area contributed by atoms with E-state index < -0.39 is 12.1 Å². The van der Waals surface area contributed by atoms with Gasteiger partial charge in [-0.3, -0.25) is 4.79 Å². The van der Waals surface area contributed by atoms with Gasteiger partial charge < -0.3 is 14.4 Å².